The summed E-state index contributed by atoms with van der Waals surface area (Å²) in [7, 11) is -1.19. The first-order valence-electron chi connectivity index (χ1n) is 8.90. The van der Waals surface area contributed by atoms with Crippen LogP contribution in [0.1, 0.15) is 37.7 Å². The standard InChI is InChI=1S/C20H31NSSi/c1-17-9-8-12-19(15-17)21-20(13-14-23(2,3)4)22-16-18-10-6-5-7-11-18/h8-9,12-15,18H,5-7,10-11,16H2,1-4H3. The van der Waals surface area contributed by atoms with Gasteiger partial charge in [-0.1, -0.05) is 56.7 Å². The third kappa shape index (κ3) is 7.54. The first-order chi connectivity index (χ1) is 10.9. The lowest BCUT2D eigenvalue weighted by atomic mass is 9.91. The third-order valence-corrected chi connectivity index (χ3v) is 6.49. The number of nitrogens with zero attached hydrogens (tertiary/aromatic N) is 1. The first-order valence-corrected chi connectivity index (χ1v) is 13.5. The van der Waals surface area contributed by atoms with Gasteiger partial charge < -0.3 is 0 Å². The first kappa shape index (κ1) is 18.5. The molecule has 1 nitrogen and oxygen atoms in total. The molecule has 0 radical (unpaired) electrons. The number of thioether (sulfide) groups is 1. The summed E-state index contributed by atoms with van der Waals surface area (Å²) in [6, 6.07) is 8.51. The van der Waals surface area contributed by atoms with Crippen molar-refractivity contribution in [3.05, 3.63) is 41.6 Å². The predicted molar refractivity (Wildman–Crippen MR) is 110 cm³/mol. The van der Waals surface area contributed by atoms with E-state index < -0.39 is 8.07 Å². The lowest BCUT2D eigenvalue weighted by Crippen LogP contribution is -2.16. The Hall–Kier alpha value is -0.803. The van der Waals surface area contributed by atoms with Crippen molar-refractivity contribution in [3.8, 4) is 0 Å². The van der Waals surface area contributed by atoms with Gasteiger partial charge >= 0.3 is 0 Å². The molecule has 0 atom stereocenters. The molecule has 0 bridgehead atoms. The SMILES string of the molecule is Cc1cccc(N=C(C=C[Si](C)(C)C)SCC2CCCCC2)c1. The van der Waals surface area contributed by atoms with Crippen molar-refractivity contribution in [2.75, 3.05) is 5.75 Å². The van der Waals surface area contributed by atoms with Crippen molar-refractivity contribution in [2.24, 2.45) is 10.9 Å². The molecule has 1 aromatic rings. The lowest BCUT2D eigenvalue weighted by Gasteiger charge is -2.21. The van der Waals surface area contributed by atoms with Gasteiger partial charge in [-0.3, -0.25) is 0 Å². The van der Waals surface area contributed by atoms with Crippen LogP contribution in [0.2, 0.25) is 19.6 Å². The Labute approximate surface area is 147 Å². The highest BCUT2D eigenvalue weighted by atomic mass is 32.2. The van der Waals surface area contributed by atoms with Gasteiger partial charge in [0, 0.05) is 5.75 Å². The predicted octanol–water partition coefficient (Wildman–Crippen LogP) is 6.77. The molecule has 2 rings (SSSR count). The molecule has 1 fully saturated rings. The molecule has 126 valence electrons. The Kier molecular flexibility index (Phi) is 7.16. The van der Waals surface area contributed by atoms with Crippen molar-refractivity contribution in [2.45, 2.75) is 58.7 Å². The molecule has 0 amide bonds. The van der Waals surface area contributed by atoms with Crippen molar-refractivity contribution < 1.29 is 0 Å². The van der Waals surface area contributed by atoms with Gasteiger partial charge in [-0.05, 0) is 49.5 Å². The van der Waals surface area contributed by atoms with Crippen LogP contribution in [-0.4, -0.2) is 18.9 Å². The second-order valence-electron chi connectivity index (χ2n) is 7.80. The summed E-state index contributed by atoms with van der Waals surface area (Å²) in [5, 5.41) is 1.18. The van der Waals surface area contributed by atoms with Crippen LogP contribution in [0.4, 0.5) is 5.69 Å². The van der Waals surface area contributed by atoms with E-state index in [-0.39, 0.29) is 0 Å². The van der Waals surface area contributed by atoms with Gasteiger partial charge in [0.1, 0.15) is 0 Å². The van der Waals surface area contributed by atoms with Crippen LogP contribution < -0.4 is 0 Å². The van der Waals surface area contributed by atoms with Crippen LogP contribution in [0, 0.1) is 12.8 Å². The summed E-state index contributed by atoms with van der Waals surface area (Å²) >= 11 is 1.95. The Bertz CT molecular complexity index is 551. The summed E-state index contributed by atoms with van der Waals surface area (Å²) in [5.41, 5.74) is 4.77. The topological polar surface area (TPSA) is 12.4 Å². The van der Waals surface area contributed by atoms with Gasteiger partial charge in [0.2, 0.25) is 0 Å². The Morgan fingerprint density at radius 2 is 1.96 bits per heavy atom. The second kappa shape index (κ2) is 8.88. The Morgan fingerprint density at radius 1 is 1.22 bits per heavy atom. The minimum Gasteiger partial charge on any atom is -0.242 e. The van der Waals surface area contributed by atoms with Gasteiger partial charge in [0.05, 0.1) is 18.8 Å². The van der Waals surface area contributed by atoms with Crippen LogP contribution in [0.5, 0.6) is 0 Å². The molecule has 1 aromatic carbocycles. The molecule has 1 aliphatic rings. The van der Waals surface area contributed by atoms with E-state index in [1.165, 1.54) is 48.5 Å². The maximum absolute atomic E-state index is 4.92. The van der Waals surface area contributed by atoms with Gasteiger partial charge in [-0.2, -0.15) is 0 Å². The minimum atomic E-state index is -1.19. The molecule has 0 heterocycles. The van der Waals surface area contributed by atoms with E-state index in [1.807, 2.05) is 11.8 Å². The molecule has 0 N–H and O–H groups in total. The van der Waals surface area contributed by atoms with Gasteiger partial charge in [-0.25, -0.2) is 4.99 Å². The molecular formula is C20H31NSSi. The third-order valence-electron chi connectivity index (χ3n) is 4.16. The van der Waals surface area contributed by atoms with Gasteiger partial charge in [0.25, 0.3) is 0 Å². The van der Waals surface area contributed by atoms with E-state index in [0.717, 1.165) is 11.6 Å². The fourth-order valence-electron chi connectivity index (χ4n) is 2.82. The normalized spacial score (nSPS) is 17.8. The summed E-state index contributed by atoms with van der Waals surface area (Å²) in [5.74, 6) is 2.11. The molecule has 0 saturated heterocycles. The number of aryl methyl sites for hydroxylation is 1. The number of hydrogen-bond acceptors (Lipinski definition) is 2. The smallest absolute Gasteiger partial charge is 0.0960 e. The van der Waals surface area contributed by atoms with Crippen LogP contribution in [0.15, 0.2) is 41.0 Å². The zero-order valence-corrected chi connectivity index (χ0v) is 17.0. The van der Waals surface area contributed by atoms with E-state index in [0.29, 0.717) is 0 Å². The highest BCUT2D eigenvalue weighted by Crippen LogP contribution is 2.28. The second-order valence-corrected chi connectivity index (χ2v) is 13.9. The van der Waals surface area contributed by atoms with Crippen LogP contribution >= 0.6 is 11.8 Å². The van der Waals surface area contributed by atoms with E-state index in [9.17, 15) is 0 Å². The summed E-state index contributed by atoms with van der Waals surface area (Å²) < 4.78 is 0. The Morgan fingerprint density at radius 3 is 2.61 bits per heavy atom. The summed E-state index contributed by atoms with van der Waals surface area (Å²) in [6.45, 7) is 9.25. The molecule has 0 aliphatic heterocycles. The highest BCUT2D eigenvalue weighted by Gasteiger charge is 2.15. The fraction of sp³-hybridized carbons (Fsp3) is 0.550. The van der Waals surface area contributed by atoms with Gasteiger partial charge in [-0.15, -0.1) is 11.8 Å². The number of benzene rings is 1. The Balaban J connectivity index is 2.09. The minimum absolute atomic E-state index is 0.886. The van der Waals surface area contributed by atoms with Crippen LogP contribution in [0.25, 0.3) is 0 Å². The van der Waals surface area contributed by atoms with Gasteiger partial charge in [0.15, 0.2) is 0 Å². The monoisotopic (exact) mass is 345 g/mol. The molecule has 3 heteroatoms. The fourth-order valence-corrected chi connectivity index (χ4v) is 4.67. The lowest BCUT2D eigenvalue weighted by molar-refractivity contribution is 0.391. The molecule has 1 saturated carbocycles. The van der Waals surface area contributed by atoms with Crippen molar-refractivity contribution >= 4 is 30.6 Å². The van der Waals surface area contributed by atoms with E-state index in [1.54, 1.807) is 0 Å². The molecule has 23 heavy (non-hydrogen) atoms. The number of hydrogen-bond donors (Lipinski definition) is 0. The van der Waals surface area contributed by atoms with Crippen LogP contribution in [0.3, 0.4) is 0 Å². The average molecular weight is 346 g/mol. The summed E-state index contributed by atoms with van der Waals surface area (Å²) in [4.78, 5) is 4.92. The average Bonchev–Trinajstić information content (AvgIpc) is 2.50. The number of aliphatic imine (C=N–C) groups is 1. The largest absolute Gasteiger partial charge is 0.242 e. The summed E-state index contributed by atoms with van der Waals surface area (Å²) in [6.07, 6.45) is 9.36. The van der Waals surface area contributed by atoms with Crippen LogP contribution in [-0.2, 0) is 0 Å². The van der Waals surface area contributed by atoms with E-state index in [4.69, 9.17) is 4.99 Å². The molecule has 1 aliphatic carbocycles. The molecule has 0 spiro atoms. The van der Waals surface area contributed by atoms with Crippen molar-refractivity contribution in [1.82, 2.24) is 0 Å². The zero-order chi connectivity index (χ0) is 16.7. The highest BCUT2D eigenvalue weighted by molar-refractivity contribution is 8.14. The molecular weight excluding hydrogens is 314 g/mol. The van der Waals surface area contributed by atoms with Crippen molar-refractivity contribution in [1.29, 1.82) is 0 Å². The maximum atomic E-state index is 4.92. The van der Waals surface area contributed by atoms with E-state index >= 15 is 0 Å². The van der Waals surface area contributed by atoms with Crippen molar-refractivity contribution in [3.63, 3.8) is 0 Å². The van der Waals surface area contributed by atoms with E-state index in [2.05, 4.69) is 62.6 Å². The maximum Gasteiger partial charge on any atom is 0.0960 e. The number of rotatable bonds is 5. The molecule has 0 unspecified atom stereocenters. The quantitative estimate of drug-likeness (QED) is 0.326. The zero-order valence-electron chi connectivity index (χ0n) is 15.1. The molecule has 0 aromatic heterocycles.